The van der Waals surface area contributed by atoms with Crippen LogP contribution in [0.4, 0.5) is 10.5 Å². The highest BCUT2D eigenvalue weighted by Gasteiger charge is 2.19. The molecule has 108 valence electrons. The molecule has 0 unspecified atom stereocenters. The first kappa shape index (κ1) is 14.2. The van der Waals surface area contributed by atoms with E-state index in [1.54, 1.807) is 18.2 Å². The van der Waals surface area contributed by atoms with Gasteiger partial charge in [-0.2, -0.15) is 0 Å². The number of Topliss-reactive ketones (excluding diaryl/α,β-unsaturated/α-hetero) is 1. The molecule has 0 saturated carbocycles. The first-order valence-corrected chi connectivity index (χ1v) is 6.56. The predicted octanol–water partition coefficient (Wildman–Crippen LogP) is 1.78. The maximum Gasteiger partial charge on any atom is 0.407 e. The van der Waals surface area contributed by atoms with E-state index in [1.165, 1.54) is 11.8 Å². The zero-order valence-electron chi connectivity index (χ0n) is 11.4. The third-order valence-corrected chi connectivity index (χ3v) is 3.49. The lowest BCUT2D eigenvalue weighted by Gasteiger charge is -2.23. The molecule has 2 N–H and O–H groups in total. The van der Waals surface area contributed by atoms with Crippen LogP contribution in [0.3, 0.4) is 0 Å². The summed E-state index contributed by atoms with van der Waals surface area (Å²) >= 11 is 0. The number of phenols is 1. The molecule has 0 atom stereocenters. The van der Waals surface area contributed by atoms with Crippen LogP contribution in [-0.2, 0) is 0 Å². The van der Waals surface area contributed by atoms with E-state index >= 15 is 0 Å². The normalized spacial score (nSPS) is 15.8. The lowest BCUT2D eigenvalue weighted by molar-refractivity contribution is 0.101. The number of amides is 1. The van der Waals surface area contributed by atoms with Crippen LogP contribution >= 0.6 is 0 Å². The van der Waals surface area contributed by atoms with Gasteiger partial charge in [-0.05, 0) is 25.5 Å². The molecule has 0 aliphatic carbocycles. The standard InChI is InChI=1S/C14H18N2O4/c1-10(17)12-4-3-11(9-13(12)18)15-5-2-6-16(8-7-15)14(19)20/h3-4,9,18H,2,5-8H2,1H3,(H,19,20). The zero-order chi connectivity index (χ0) is 14.7. The van der Waals surface area contributed by atoms with Crippen molar-refractivity contribution in [3.63, 3.8) is 0 Å². The van der Waals surface area contributed by atoms with Crippen LogP contribution in [0.2, 0.25) is 0 Å². The molecule has 1 fully saturated rings. The van der Waals surface area contributed by atoms with Gasteiger partial charge in [-0.1, -0.05) is 0 Å². The minimum Gasteiger partial charge on any atom is -0.507 e. The van der Waals surface area contributed by atoms with Gasteiger partial charge in [-0.3, -0.25) is 4.79 Å². The fourth-order valence-electron chi connectivity index (χ4n) is 2.38. The predicted molar refractivity (Wildman–Crippen MR) is 74.5 cm³/mol. The number of carboxylic acid groups (broad SMARTS) is 1. The van der Waals surface area contributed by atoms with Crippen molar-refractivity contribution in [3.05, 3.63) is 23.8 Å². The van der Waals surface area contributed by atoms with Crippen molar-refractivity contribution in [1.29, 1.82) is 0 Å². The Balaban J connectivity index is 2.14. The van der Waals surface area contributed by atoms with Gasteiger partial charge in [-0.25, -0.2) is 4.79 Å². The average molecular weight is 278 g/mol. The summed E-state index contributed by atoms with van der Waals surface area (Å²) in [7, 11) is 0. The average Bonchev–Trinajstić information content (AvgIpc) is 2.63. The van der Waals surface area contributed by atoms with E-state index < -0.39 is 6.09 Å². The molecule has 0 radical (unpaired) electrons. The Bertz CT molecular complexity index is 530. The molecule has 1 saturated heterocycles. The first-order valence-electron chi connectivity index (χ1n) is 6.56. The highest BCUT2D eigenvalue weighted by molar-refractivity contribution is 5.97. The van der Waals surface area contributed by atoms with Gasteiger partial charge < -0.3 is 20.0 Å². The molecule has 1 aromatic carbocycles. The summed E-state index contributed by atoms with van der Waals surface area (Å²) in [5, 5.41) is 18.8. The number of carbonyl (C=O) groups excluding carboxylic acids is 1. The van der Waals surface area contributed by atoms with Gasteiger partial charge in [0, 0.05) is 37.9 Å². The van der Waals surface area contributed by atoms with Crippen LogP contribution in [0.5, 0.6) is 5.75 Å². The van der Waals surface area contributed by atoms with Gasteiger partial charge in [0.1, 0.15) is 5.75 Å². The summed E-state index contributed by atoms with van der Waals surface area (Å²) in [5.74, 6) is -0.212. The molecule has 20 heavy (non-hydrogen) atoms. The van der Waals surface area contributed by atoms with Crippen LogP contribution in [0.15, 0.2) is 18.2 Å². The molecule has 0 bridgehead atoms. The quantitative estimate of drug-likeness (QED) is 0.806. The molecule has 1 aromatic rings. The molecule has 0 spiro atoms. The van der Waals surface area contributed by atoms with Crippen molar-refractivity contribution in [1.82, 2.24) is 4.90 Å². The van der Waals surface area contributed by atoms with Crippen molar-refractivity contribution in [2.45, 2.75) is 13.3 Å². The van der Waals surface area contributed by atoms with E-state index in [9.17, 15) is 14.7 Å². The molecule has 1 heterocycles. The highest BCUT2D eigenvalue weighted by Crippen LogP contribution is 2.25. The second kappa shape index (κ2) is 5.81. The Morgan fingerprint density at radius 1 is 1.15 bits per heavy atom. The number of benzene rings is 1. The van der Waals surface area contributed by atoms with Gasteiger partial charge in [0.2, 0.25) is 0 Å². The van der Waals surface area contributed by atoms with Gasteiger partial charge in [0.15, 0.2) is 5.78 Å². The summed E-state index contributed by atoms with van der Waals surface area (Å²) < 4.78 is 0. The van der Waals surface area contributed by atoms with Crippen LogP contribution in [0, 0.1) is 0 Å². The number of ketones is 1. The van der Waals surface area contributed by atoms with Crippen molar-refractivity contribution in [2.24, 2.45) is 0 Å². The highest BCUT2D eigenvalue weighted by atomic mass is 16.4. The Labute approximate surface area is 117 Å². The monoisotopic (exact) mass is 278 g/mol. The van der Waals surface area contributed by atoms with Crippen molar-refractivity contribution in [2.75, 3.05) is 31.1 Å². The van der Waals surface area contributed by atoms with Gasteiger partial charge >= 0.3 is 6.09 Å². The van der Waals surface area contributed by atoms with Gasteiger partial charge in [-0.15, -0.1) is 0 Å². The lowest BCUT2D eigenvalue weighted by atomic mass is 10.1. The van der Waals surface area contributed by atoms with Crippen molar-refractivity contribution >= 4 is 17.6 Å². The molecule has 0 aromatic heterocycles. The minimum absolute atomic E-state index is 0.0330. The Morgan fingerprint density at radius 3 is 2.50 bits per heavy atom. The molecule has 1 amide bonds. The number of phenolic OH excluding ortho intramolecular Hbond substituents is 1. The van der Waals surface area contributed by atoms with Crippen LogP contribution < -0.4 is 4.90 Å². The number of nitrogens with zero attached hydrogens (tertiary/aromatic N) is 2. The summed E-state index contributed by atoms with van der Waals surface area (Å²) in [5.41, 5.74) is 1.11. The van der Waals surface area contributed by atoms with E-state index in [4.69, 9.17) is 5.11 Å². The van der Waals surface area contributed by atoms with E-state index in [0.717, 1.165) is 18.7 Å². The number of anilines is 1. The second-order valence-electron chi connectivity index (χ2n) is 4.87. The third kappa shape index (κ3) is 3.01. The SMILES string of the molecule is CC(=O)c1ccc(N2CCCN(C(=O)O)CC2)cc1O. The number of aromatic hydroxyl groups is 1. The summed E-state index contributed by atoms with van der Waals surface area (Å²) in [6.45, 7) is 3.66. The van der Waals surface area contributed by atoms with Crippen LogP contribution in [-0.4, -0.2) is 53.2 Å². The van der Waals surface area contributed by atoms with Crippen molar-refractivity contribution < 1.29 is 19.8 Å². The molecule has 6 nitrogen and oxygen atoms in total. The molecular weight excluding hydrogens is 260 g/mol. The summed E-state index contributed by atoms with van der Waals surface area (Å²) in [6, 6.07) is 4.95. The van der Waals surface area contributed by atoms with Crippen LogP contribution in [0.25, 0.3) is 0 Å². The first-order chi connectivity index (χ1) is 9.49. The minimum atomic E-state index is -0.901. The molecule has 1 aliphatic rings. The van der Waals surface area contributed by atoms with E-state index in [2.05, 4.69) is 0 Å². The fourth-order valence-corrected chi connectivity index (χ4v) is 2.38. The van der Waals surface area contributed by atoms with Crippen molar-refractivity contribution in [3.8, 4) is 5.75 Å². The Kier molecular flexibility index (Phi) is 4.12. The molecule has 1 aliphatic heterocycles. The number of hydrogen-bond acceptors (Lipinski definition) is 4. The third-order valence-electron chi connectivity index (χ3n) is 3.49. The second-order valence-corrected chi connectivity index (χ2v) is 4.87. The molecule has 6 heteroatoms. The maximum atomic E-state index is 11.3. The number of hydrogen-bond donors (Lipinski definition) is 2. The zero-order valence-corrected chi connectivity index (χ0v) is 11.4. The summed E-state index contributed by atoms with van der Waals surface area (Å²) in [4.78, 5) is 25.6. The number of rotatable bonds is 2. The largest absolute Gasteiger partial charge is 0.507 e. The smallest absolute Gasteiger partial charge is 0.407 e. The molecule has 2 rings (SSSR count). The fraction of sp³-hybridized carbons (Fsp3) is 0.429. The Hall–Kier alpha value is -2.24. The van der Waals surface area contributed by atoms with E-state index in [0.29, 0.717) is 25.2 Å². The van der Waals surface area contributed by atoms with E-state index in [1.807, 2.05) is 4.90 Å². The van der Waals surface area contributed by atoms with Crippen LogP contribution in [0.1, 0.15) is 23.7 Å². The summed E-state index contributed by atoms with van der Waals surface area (Å²) in [6.07, 6.45) is -0.164. The van der Waals surface area contributed by atoms with Gasteiger partial charge in [0.05, 0.1) is 5.56 Å². The Morgan fingerprint density at radius 2 is 1.90 bits per heavy atom. The maximum absolute atomic E-state index is 11.3. The lowest BCUT2D eigenvalue weighted by Crippen LogP contribution is -2.34. The van der Waals surface area contributed by atoms with E-state index in [-0.39, 0.29) is 11.5 Å². The van der Waals surface area contributed by atoms with Gasteiger partial charge in [0.25, 0.3) is 0 Å². The topological polar surface area (TPSA) is 81.1 Å². The number of carbonyl (C=O) groups is 2. The molecular formula is C14H18N2O4.